The van der Waals surface area contributed by atoms with Crippen LogP contribution in [0.4, 0.5) is 17.7 Å². The number of anilines is 3. The Labute approximate surface area is 92.4 Å². The summed E-state index contributed by atoms with van der Waals surface area (Å²) in [5, 5.41) is 10.2. The Hall–Kier alpha value is -2.08. The highest BCUT2D eigenvalue weighted by molar-refractivity contribution is 5.53. The monoisotopic (exact) mass is 220 g/mol. The van der Waals surface area contributed by atoms with E-state index < -0.39 is 0 Å². The lowest BCUT2D eigenvalue weighted by molar-refractivity contribution is 0.185. The number of hydrogen-bond acceptors (Lipinski definition) is 6. The van der Waals surface area contributed by atoms with Gasteiger partial charge in [-0.05, 0) is 17.7 Å². The summed E-state index contributed by atoms with van der Waals surface area (Å²) in [7, 11) is 1.65. The molecule has 2 rings (SSSR count). The van der Waals surface area contributed by atoms with Gasteiger partial charge in [0.25, 0.3) is 0 Å². The minimum absolute atomic E-state index is 0.0375. The van der Waals surface area contributed by atoms with Gasteiger partial charge in [0, 0.05) is 12.8 Å². The molecule has 0 unspecified atom stereocenters. The number of nitrogens with two attached hydrogens (primary N) is 1. The Morgan fingerprint density at radius 2 is 2.31 bits per heavy atom. The van der Waals surface area contributed by atoms with Crippen LogP contribution in [0.15, 0.2) is 28.7 Å². The van der Waals surface area contributed by atoms with Crippen LogP contribution >= 0.6 is 0 Å². The van der Waals surface area contributed by atoms with Crippen molar-refractivity contribution in [3.05, 3.63) is 29.8 Å². The van der Waals surface area contributed by atoms with E-state index in [0.29, 0.717) is 6.61 Å². The molecule has 1 heterocycles. The molecule has 6 nitrogen and oxygen atoms in total. The van der Waals surface area contributed by atoms with E-state index in [9.17, 15) is 0 Å². The van der Waals surface area contributed by atoms with Crippen molar-refractivity contribution in [2.75, 3.05) is 18.2 Å². The van der Waals surface area contributed by atoms with E-state index in [1.807, 2.05) is 24.3 Å². The number of rotatable bonds is 4. The maximum Gasteiger partial charge on any atom is 0.321 e. The molecule has 0 fully saturated rings. The van der Waals surface area contributed by atoms with Crippen LogP contribution in [-0.2, 0) is 11.3 Å². The summed E-state index contributed by atoms with van der Waals surface area (Å²) in [6.45, 7) is 0.557. The molecule has 0 aliphatic rings. The summed E-state index contributed by atoms with van der Waals surface area (Å²) < 4.78 is 10.0. The van der Waals surface area contributed by atoms with Crippen LogP contribution in [0.2, 0.25) is 0 Å². The molecule has 1 aromatic heterocycles. The molecule has 0 radical (unpaired) electrons. The average molecular weight is 220 g/mol. The fourth-order valence-electron chi connectivity index (χ4n) is 1.31. The van der Waals surface area contributed by atoms with Crippen molar-refractivity contribution >= 4 is 17.7 Å². The molecule has 1 aromatic carbocycles. The Kier molecular flexibility index (Phi) is 3.02. The second-order valence-electron chi connectivity index (χ2n) is 3.20. The van der Waals surface area contributed by atoms with Crippen LogP contribution in [-0.4, -0.2) is 17.3 Å². The van der Waals surface area contributed by atoms with Crippen molar-refractivity contribution in [2.45, 2.75) is 6.61 Å². The van der Waals surface area contributed by atoms with E-state index in [-0.39, 0.29) is 12.0 Å². The first kappa shape index (κ1) is 10.4. The van der Waals surface area contributed by atoms with Gasteiger partial charge < -0.3 is 20.2 Å². The van der Waals surface area contributed by atoms with E-state index in [1.54, 1.807) is 7.11 Å². The predicted molar refractivity (Wildman–Crippen MR) is 59.1 cm³/mol. The average Bonchev–Trinajstić information content (AvgIpc) is 2.65. The predicted octanol–water partition coefficient (Wildman–Crippen LogP) is 1.54. The third-order valence-electron chi connectivity index (χ3n) is 1.93. The lowest BCUT2D eigenvalue weighted by atomic mass is 10.2. The highest BCUT2D eigenvalue weighted by Crippen LogP contribution is 2.17. The number of nitrogen functional groups attached to an aromatic ring is 1. The molecule has 0 saturated heterocycles. The number of nitrogens with one attached hydrogen (secondary N) is 1. The van der Waals surface area contributed by atoms with Gasteiger partial charge in [-0.2, -0.15) is 0 Å². The van der Waals surface area contributed by atoms with Gasteiger partial charge in [0.2, 0.25) is 0 Å². The molecule has 0 amide bonds. The van der Waals surface area contributed by atoms with Crippen LogP contribution in [0.1, 0.15) is 5.56 Å². The largest absolute Gasteiger partial charge is 0.389 e. The molecule has 0 bridgehead atoms. The summed E-state index contributed by atoms with van der Waals surface area (Å²) in [5.41, 5.74) is 7.21. The second kappa shape index (κ2) is 4.63. The molecule has 2 aromatic rings. The number of ether oxygens (including phenoxy) is 1. The molecule has 0 aliphatic carbocycles. The molecule has 0 saturated carbocycles. The zero-order valence-electron chi connectivity index (χ0n) is 8.80. The summed E-state index contributed by atoms with van der Waals surface area (Å²) in [6.07, 6.45) is 0. The molecule has 84 valence electrons. The Morgan fingerprint density at radius 1 is 1.44 bits per heavy atom. The molecule has 3 N–H and O–H groups in total. The fraction of sp³-hybridized carbons (Fsp3) is 0.200. The third-order valence-corrected chi connectivity index (χ3v) is 1.93. The molecular formula is C10H12N4O2. The van der Waals surface area contributed by atoms with E-state index in [0.717, 1.165) is 11.3 Å². The molecule has 16 heavy (non-hydrogen) atoms. The van der Waals surface area contributed by atoms with Crippen LogP contribution in [0.5, 0.6) is 0 Å². The number of nitrogens with zero attached hydrogens (tertiary/aromatic N) is 2. The normalized spacial score (nSPS) is 10.3. The molecule has 6 heteroatoms. The van der Waals surface area contributed by atoms with Crippen LogP contribution < -0.4 is 11.1 Å². The van der Waals surface area contributed by atoms with Crippen molar-refractivity contribution in [3.8, 4) is 0 Å². The first-order valence-corrected chi connectivity index (χ1v) is 4.72. The van der Waals surface area contributed by atoms with Crippen LogP contribution in [0.3, 0.4) is 0 Å². The van der Waals surface area contributed by atoms with E-state index in [1.165, 1.54) is 0 Å². The van der Waals surface area contributed by atoms with Gasteiger partial charge in [0.15, 0.2) is 0 Å². The van der Waals surface area contributed by atoms with Gasteiger partial charge in [-0.1, -0.05) is 22.3 Å². The van der Waals surface area contributed by atoms with Gasteiger partial charge >= 0.3 is 12.0 Å². The smallest absolute Gasteiger partial charge is 0.321 e. The molecule has 0 aliphatic heterocycles. The highest BCUT2D eigenvalue weighted by atomic mass is 16.5. The Balaban J connectivity index is 2.12. The van der Waals surface area contributed by atoms with Crippen LogP contribution in [0.25, 0.3) is 0 Å². The topological polar surface area (TPSA) is 86.2 Å². The minimum atomic E-state index is 0.0375. The third kappa shape index (κ3) is 2.48. The maximum absolute atomic E-state index is 5.31. The highest BCUT2D eigenvalue weighted by Gasteiger charge is 2.03. The molecular weight excluding hydrogens is 208 g/mol. The zero-order chi connectivity index (χ0) is 11.4. The summed E-state index contributed by atoms with van der Waals surface area (Å²) in [6, 6.07) is 8.01. The van der Waals surface area contributed by atoms with Gasteiger partial charge in [0.05, 0.1) is 6.61 Å². The van der Waals surface area contributed by atoms with Gasteiger partial charge in [-0.15, -0.1) is 0 Å². The number of hydrogen-bond donors (Lipinski definition) is 2. The standard InChI is InChI=1S/C10H12N4O2/c1-15-6-7-3-2-4-8(5-7)12-10-14-13-9(11)16-10/h2-5H,6H2,1H3,(H2,11,13)(H,12,14). The summed E-state index contributed by atoms with van der Waals surface area (Å²) in [5.74, 6) is 0. The van der Waals surface area contributed by atoms with Gasteiger partial charge in [-0.3, -0.25) is 0 Å². The first-order valence-electron chi connectivity index (χ1n) is 4.72. The van der Waals surface area contributed by atoms with E-state index in [2.05, 4.69) is 15.5 Å². The Bertz CT molecular complexity index is 469. The van der Waals surface area contributed by atoms with Crippen molar-refractivity contribution < 1.29 is 9.15 Å². The first-order chi connectivity index (χ1) is 7.78. The van der Waals surface area contributed by atoms with Crippen LogP contribution in [0, 0.1) is 0 Å². The van der Waals surface area contributed by atoms with Crippen molar-refractivity contribution in [1.29, 1.82) is 0 Å². The number of methoxy groups -OCH3 is 1. The van der Waals surface area contributed by atoms with Gasteiger partial charge in [0.1, 0.15) is 0 Å². The Morgan fingerprint density at radius 3 is 3.00 bits per heavy atom. The maximum atomic E-state index is 5.31. The quantitative estimate of drug-likeness (QED) is 0.812. The van der Waals surface area contributed by atoms with E-state index in [4.69, 9.17) is 14.9 Å². The van der Waals surface area contributed by atoms with Crippen molar-refractivity contribution in [3.63, 3.8) is 0 Å². The van der Waals surface area contributed by atoms with Crippen molar-refractivity contribution in [1.82, 2.24) is 10.2 Å². The van der Waals surface area contributed by atoms with Gasteiger partial charge in [-0.25, -0.2) is 0 Å². The molecule has 0 spiro atoms. The van der Waals surface area contributed by atoms with E-state index >= 15 is 0 Å². The second-order valence-corrected chi connectivity index (χ2v) is 3.20. The number of benzene rings is 1. The summed E-state index contributed by atoms with van der Waals surface area (Å²) in [4.78, 5) is 0. The lowest BCUT2D eigenvalue weighted by Gasteiger charge is -2.04. The lowest BCUT2D eigenvalue weighted by Crippen LogP contribution is -1.93. The zero-order valence-corrected chi connectivity index (χ0v) is 8.80. The summed E-state index contributed by atoms with van der Waals surface area (Å²) >= 11 is 0. The fourth-order valence-corrected chi connectivity index (χ4v) is 1.31. The molecule has 0 atom stereocenters. The minimum Gasteiger partial charge on any atom is -0.389 e. The van der Waals surface area contributed by atoms with Crippen molar-refractivity contribution in [2.24, 2.45) is 0 Å². The number of aromatic nitrogens is 2. The SMILES string of the molecule is COCc1cccc(Nc2nnc(N)o2)c1.